The third-order valence-electron chi connectivity index (χ3n) is 5.34. The molecule has 1 aliphatic heterocycles. The molecular weight excluding hydrogens is 328 g/mol. The van der Waals surface area contributed by atoms with Crippen LogP contribution in [0.15, 0.2) is 18.5 Å². The van der Waals surface area contributed by atoms with Gasteiger partial charge in [0.05, 0.1) is 11.8 Å². The molecular formula is C19H26N6O. The molecule has 4 rings (SSSR count). The third kappa shape index (κ3) is 3.43. The van der Waals surface area contributed by atoms with Crippen LogP contribution in [0.1, 0.15) is 53.5 Å². The number of aryl methyl sites for hydroxylation is 2. The Labute approximate surface area is 154 Å². The summed E-state index contributed by atoms with van der Waals surface area (Å²) in [5.74, 6) is 2.57. The first-order valence-electron chi connectivity index (χ1n) is 9.37. The predicted octanol–water partition coefficient (Wildman–Crippen LogP) is 2.14. The van der Waals surface area contributed by atoms with Gasteiger partial charge in [0.15, 0.2) is 0 Å². The molecule has 1 atom stereocenters. The van der Waals surface area contributed by atoms with Crippen molar-refractivity contribution >= 4 is 11.7 Å². The van der Waals surface area contributed by atoms with Crippen molar-refractivity contribution in [3.63, 3.8) is 0 Å². The maximum absolute atomic E-state index is 12.7. The summed E-state index contributed by atoms with van der Waals surface area (Å²) in [6.07, 6.45) is 7.88. The molecule has 0 N–H and O–H groups in total. The van der Waals surface area contributed by atoms with E-state index >= 15 is 0 Å². The van der Waals surface area contributed by atoms with Crippen LogP contribution < -0.4 is 4.90 Å². The Hall–Kier alpha value is -2.44. The molecule has 0 bridgehead atoms. The quantitative estimate of drug-likeness (QED) is 0.841. The molecule has 1 saturated heterocycles. The van der Waals surface area contributed by atoms with Gasteiger partial charge in [-0.2, -0.15) is 5.10 Å². The van der Waals surface area contributed by atoms with Crippen LogP contribution in [0.3, 0.4) is 0 Å². The Kier molecular flexibility index (Phi) is 4.38. The smallest absolute Gasteiger partial charge is 0.257 e. The Morgan fingerprint density at radius 2 is 2.08 bits per heavy atom. The summed E-state index contributed by atoms with van der Waals surface area (Å²) in [4.78, 5) is 26.3. The highest BCUT2D eigenvalue weighted by atomic mass is 16.2. The molecule has 0 radical (unpaired) electrons. The summed E-state index contributed by atoms with van der Waals surface area (Å²) in [6.45, 7) is 3.82. The highest BCUT2D eigenvalue weighted by Crippen LogP contribution is 2.38. The minimum Gasteiger partial charge on any atom is -0.354 e. The average Bonchev–Trinajstić information content (AvgIpc) is 3.41. The van der Waals surface area contributed by atoms with E-state index in [1.165, 1.54) is 12.8 Å². The summed E-state index contributed by atoms with van der Waals surface area (Å²) in [5, 5.41) is 4.11. The van der Waals surface area contributed by atoms with Crippen molar-refractivity contribution in [2.75, 3.05) is 25.0 Å². The second kappa shape index (κ2) is 6.70. The zero-order chi connectivity index (χ0) is 18.3. The largest absolute Gasteiger partial charge is 0.354 e. The highest BCUT2D eigenvalue weighted by molar-refractivity contribution is 5.93. The van der Waals surface area contributed by atoms with E-state index in [2.05, 4.69) is 21.0 Å². The molecule has 1 unspecified atom stereocenters. The van der Waals surface area contributed by atoms with Gasteiger partial charge in [-0.25, -0.2) is 9.97 Å². The summed E-state index contributed by atoms with van der Waals surface area (Å²) in [5.41, 5.74) is 1.67. The van der Waals surface area contributed by atoms with E-state index in [9.17, 15) is 4.79 Å². The van der Waals surface area contributed by atoms with Crippen molar-refractivity contribution in [1.29, 1.82) is 0 Å². The molecule has 138 valence electrons. The van der Waals surface area contributed by atoms with E-state index in [0.717, 1.165) is 43.3 Å². The van der Waals surface area contributed by atoms with Crippen molar-refractivity contribution in [3.8, 4) is 0 Å². The van der Waals surface area contributed by atoms with Gasteiger partial charge in [0.1, 0.15) is 11.6 Å². The number of hydrogen-bond donors (Lipinski definition) is 0. The number of piperidine rings is 1. The second-order valence-electron chi connectivity index (χ2n) is 7.56. The van der Waals surface area contributed by atoms with Crippen molar-refractivity contribution < 1.29 is 4.79 Å². The lowest BCUT2D eigenvalue weighted by Gasteiger charge is -2.38. The Morgan fingerprint density at radius 1 is 1.27 bits per heavy atom. The van der Waals surface area contributed by atoms with Crippen LogP contribution >= 0.6 is 0 Å². The lowest BCUT2D eigenvalue weighted by molar-refractivity contribution is 0.0717. The Balaban J connectivity index is 1.49. The van der Waals surface area contributed by atoms with E-state index in [-0.39, 0.29) is 11.9 Å². The lowest BCUT2D eigenvalue weighted by Crippen LogP contribution is -2.49. The normalized spacial score (nSPS) is 20.3. The van der Waals surface area contributed by atoms with Crippen LogP contribution in [0.5, 0.6) is 0 Å². The minimum absolute atomic E-state index is 0.0301. The van der Waals surface area contributed by atoms with Gasteiger partial charge >= 0.3 is 0 Å². The van der Waals surface area contributed by atoms with Gasteiger partial charge in [0.2, 0.25) is 0 Å². The molecule has 26 heavy (non-hydrogen) atoms. The van der Waals surface area contributed by atoms with Crippen molar-refractivity contribution in [2.45, 2.75) is 44.6 Å². The molecule has 0 spiro atoms. The van der Waals surface area contributed by atoms with E-state index in [1.54, 1.807) is 17.1 Å². The van der Waals surface area contributed by atoms with Gasteiger partial charge in [-0.05, 0) is 32.6 Å². The molecule has 0 aromatic carbocycles. The van der Waals surface area contributed by atoms with Crippen LogP contribution in [0, 0.1) is 6.92 Å². The summed E-state index contributed by atoms with van der Waals surface area (Å²) < 4.78 is 1.66. The van der Waals surface area contributed by atoms with Crippen LogP contribution in [0.2, 0.25) is 0 Å². The molecule has 7 heteroatoms. The van der Waals surface area contributed by atoms with Gasteiger partial charge < -0.3 is 9.80 Å². The van der Waals surface area contributed by atoms with E-state index in [1.807, 2.05) is 25.9 Å². The molecule has 1 amide bonds. The number of carbonyl (C=O) groups is 1. The highest BCUT2D eigenvalue weighted by Gasteiger charge is 2.30. The fourth-order valence-electron chi connectivity index (χ4n) is 3.64. The predicted molar refractivity (Wildman–Crippen MR) is 99.3 cm³/mol. The average molecular weight is 354 g/mol. The van der Waals surface area contributed by atoms with Crippen LogP contribution in [0.4, 0.5) is 5.82 Å². The molecule has 2 aromatic heterocycles. The second-order valence-corrected chi connectivity index (χ2v) is 7.56. The number of likely N-dealkylation sites (N-methyl/N-ethyl adjacent to an activating group) is 1. The van der Waals surface area contributed by atoms with Crippen molar-refractivity contribution in [3.05, 3.63) is 35.5 Å². The molecule has 7 nitrogen and oxygen atoms in total. The minimum atomic E-state index is 0.0301. The number of amides is 1. The van der Waals surface area contributed by atoms with Gasteiger partial charge in [-0.3, -0.25) is 9.48 Å². The first kappa shape index (κ1) is 17.0. The maximum atomic E-state index is 12.7. The van der Waals surface area contributed by atoms with Crippen molar-refractivity contribution in [2.24, 2.45) is 7.05 Å². The Bertz CT molecular complexity index is 812. The zero-order valence-corrected chi connectivity index (χ0v) is 15.7. The molecule has 3 heterocycles. The number of carbonyl (C=O) groups excluding carboxylic acids is 1. The molecule has 2 fully saturated rings. The molecule has 2 aliphatic rings. The number of rotatable bonds is 4. The fraction of sp³-hybridized carbons (Fsp3) is 0.579. The topological polar surface area (TPSA) is 67.2 Å². The number of hydrogen-bond acceptors (Lipinski definition) is 5. The lowest BCUT2D eigenvalue weighted by atomic mass is 10.0. The number of aromatic nitrogens is 4. The van der Waals surface area contributed by atoms with E-state index < -0.39 is 0 Å². The fourth-order valence-corrected chi connectivity index (χ4v) is 3.64. The number of nitrogens with zero attached hydrogens (tertiary/aromatic N) is 6. The Morgan fingerprint density at radius 3 is 2.77 bits per heavy atom. The van der Waals surface area contributed by atoms with Gasteiger partial charge in [-0.1, -0.05) is 0 Å². The molecule has 1 saturated carbocycles. The SMILES string of the molecule is Cc1cc(N2CCCC(N(C)C(=O)c3cnn(C)c3)C2)nc(C2CC2)n1. The monoisotopic (exact) mass is 354 g/mol. The first-order chi connectivity index (χ1) is 12.5. The van der Waals surface area contributed by atoms with Crippen LogP contribution in [-0.4, -0.2) is 56.7 Å². The maximum Gasteiger partial charge on any atom is 0.257 e. The summed E-state index contributed by atoms with van der Waals surface area (Å²) in [7, 11) is 3.72. The van der Waals surface area contributed by atoms with Crippen LogP contribution in [0.25, 0.3) is 0 Å². The van der Waals surface area contributed by atoms with Gasteiger partial charge in [0.25, 0.3) is 5.91 Å². The van der Waals surface area contributed by atoms with Gasteiger partial charge in [0, 0.05) is 57.1 Å². The molecule has 2 aromatic rings. The number of anilines is 1. The zero-order valence-electron chi connectivity index (χ0n) is 15.7. The summed E-state index contributed by atoms with van der Waals surface area (Å²) >= 11 is 0. The van der Waals surface area contributed by atoms with Crippen LogP contribution in [-0.2, 0) is 7.05 Å². The standard InChI is InChI=1S/C19H26N6O/c1-13-9-17(22-18(21-13)14-6-7-14)25-8-4-5-16(12-25)24(3)19(26)15-10-20-23(2)11-15/h9-11,14,16H,4-8,12H2,1-3H3. The van der Waals surface area contributed by atoms with Gasteiger partial charge in [-0.15, -0.1) is 0 Å². The third-order valence-corrected chi connectivity index (χ3v) is 5.34. The first-order valence-corrected chi connectivity index (χ1v) is 9.37. The van der Waals surface area contributed by atoms with E-state index in [0.29, 0.717) is 11.5 Å². The molecule has 1 aliphatic carbocycles. The van der Waals surface area contributed by atoms with Crippen molar-refractivity contribution in [1.82, 2.24) is 24.6 Å². The summed E-state index contributed by atoms with van der Waals surface area (Å²) in [6, 6.07) is 2.24. The van der Waals surface area contributed by atoms with E-state index in [4.69, 9.17) is 4.98 Å².